The Bertz CT molecular complexity index is 555. The number of piperidine rings is 1. The number of nitrogens with two attached hydrogens (primary N) is 1. The van der Waals surface area contributed by atoms with Gasteiger partial charge in [0, 0.05) is 19.0 Å². The topological polar surface area (TPSA) is 63.4 Å². The number of likely N-dealkylation sites (tertiary alicyclic amines) is 1. The Hall–Kier alpha value is -2.05. The fourth-order valence-electron chi connectivity index (χ4n) is 2.23. The van der Waals surface area contributed by atoms with Gasteiger partial charge in [0.05, 0.1) is 5.56 Å². The molecule has 0 spiro atoms. The van der Waals surface area contributed by atoms with Crippen LogP contribution in [0.4, 0.5) is 13.2 Å². The standard InChI is InChI=1S/C13H13F3N2O2/c14-9-2-1-8(10(15)11(9)16)13(20)18-5-3-7(4-6-18)12(17)19/h1-2,7H,3-6H2,(H2,17,19). The highest BCUT2D eigenvalue weighted by Gasteiger charge is 2.28. The van der Waals surface area contributed by atoms with E-state index < -0.39 is 34.8 Å². The summed E-state index contributed by atoms with van der Waals surface area (Å²) in [6.45, 7) is 0.454. The Morgan fingerprint density at radius 2 is 1.70 bits per heavy atom. The lowest BCUT2D eigenvalue weighted by molar-refractivity contribution is -0.123. The summed E-state index contributed by atoms with van der Waals surface area (Å²) < 4.78 is 39.5. The number of rotatable bonds is 2. The van der Waals surface area contributed by atoms with Crippen LogP contribution >= 0.6 is 0 Å². The summed E-state index contributed by atoms with van der Waals surface area (Å²) >= 11 is 0. The van der Waals surface area contributed by atoms with Gasteiger partial charge >= 0.3 is 0 Å². The predicted octanol–water partition coefficient (Wildman–Crippen LogP) is 1.44. The van der Waals surface area contributed by atoms with Crippen molar-refractivity contribution in [2.45, 2.75) is 12.8 Å². The lowest BCUT2D eigenvalue weighted by Crippen LogP contribution is -2.42. The minimum atomic E-state index is -1.66. The third-order valence-corrected chi connectivity index (χ3v) is 3.45. The molecular formula is C13H13F3N2O2. The molecule has 0 aromatic heterocycles. The molecule has 1 aliphatic rings. The van der Waals surface area contributed by atoms with E-state index >= 15 is 0 Å². The van der Waals surface area contributed by atoms with Crippen molar-refractivity contribution in [3.8, 4) is 0 Å². The Morgan fingerprint density at radius 3 is 2.25 bits per heavy atom. The number of primary amides is 1. The van der Waals surface area contributed by atoms with Crippen molar-refractivity contribution in [2.75, 3.05) is 13.1 Å². The average Bonchev–Trinajstić information content (AvgIpc) is 2.44. The van der Waals surface area contributed by atoms with Crippen LogP contribution in [-0.4, -0.2) is 29.8 Å². The van der Waals surface area contributed by atoms with Gasteiger partial charge in [-0.2, -0.15) is 0 Å². The number of halogens is 3. The number of nitrogens with zero attached hydrogens (tertiary/aromatic N) is 1. The zero-order chi connectivity index (χ0) is 14.9. The summed E-state index contributed by atoms with van der Waals surface area (Å²) in [5, 5.41) is 0. The van der Waals surface area contributed by atoms with Gasteiger partial charge in [0.1, 0.15) is 0 Å². The molecule has 0 radical (unpaired) electrons. The normalized spacial score (nSPS) is 16.2. The smallest absolute Gasteiger partial charge is 0.256 e. The van der Waals surface area contributed by atoms with Crippen LogP contribution in [0.25, 0.3) is 0 Å². The van der Waals surface area contributed by atoms with Gasteiger partial charge in [0.2, 0.25) is 5.91 Å². The Kier molecular flexibility index (Phi) is 3.96. The number of benzene rings is 1. The first-order valence-corrected chi connectivity index (χ1v) is 6.14. The van der Waals surface area contributed by atoms with Crippen LogP contribution in [0.3, 0.4) is 0 Å². The second-order valence-corrected chi connectivity index (χ2v) is 4.69. The highest BCUT2D eigenvalue weighted by Crippen LogP contribution is 2.21. The highest BCUT2D eigenvalue weighted by atomic mass is 19.2. The fourth-order valence-corrected chi connectivity index (χ4v) is 2.23. The van der Waals surface area contributed by atoms with Crippen LogP contribution in [0.2, 0.25) is 0 Å². The SMILES string of the molecule is NC(=O)C1CCN(C(=O)c2ccc(F)c(F)c2F)CC1. The summed E-state index contributed by atoms with van der Waals surface area (Å²) in [7, 11) is 0. The van der Waals surface area contributed by atoms with E-state index in [4.69, 9.17) is 5.73 Å². The van der Waals surface area contributed by atoms with E-state index in [0.29, 0.717) is 18.9 Å². The number of carbonyl (C=O) groups excluding carboxylic acids is 2. The highest BCUT2D eigenvalue weighted by molar-refractivity contribution is 5.94. The Balaban J connectivity index is 2.14. The van der Waals surface area contributed by atoms with Crippen molar-refractivity contribution in [3.63, 3.8) is 0 Å². The monoisotopic (exact) mass is 286 g/mol. The van der Waals surface area contributed by atoms with Gasteiger partial charge in [-0.1, -0.05) is 0 Å². The molecule has 0 atom stereocenters. The van der Waals surface area contributed by atoms with Crippen molar-refractivity contribution in [1.82, 2.24) is 4.90 Å². The molecule has 1 aromatic rings. The van der Waals surface area contributed by atoms with Crippen molar-refractivity contribution in [3.05, 3.63) is 35.1 Å². The zero-order valence-electron chi connectivity index (χ0n) is 10.5. The molecule has 20 heavy (non-hydrogen) atoms. The number of carbonyl (C=O) groups is 2. The molecular weight excluding hydrogens is 273 g/mol. The first-order chi connectivity index (χ1) is 9.41. The first kappa shape index (κ1) is 14.4. The van der Waals surface area contributed by atoms with Crippen LogP contribution in [0, 0.1) is 23.4 Å². The van der Waals surface area contributed by atoms with Crippen LogP contribution in [0.5, 0.6) is 0 Å². The van der Waals surface area contributed by atoms with Crippen LogP contribution in [0.1, 0.15) is 23.2 Å². The molecule has 108 valence electrons. The average molecular weight is 286 g/mol. The number of hydrogen-bond acceptors (Lipinski definition) is 2. The minimum absolute atomic E-state index is 0.227. The number of hydrogen-bond donors (Lipinski definition) is 1. The molecule has 2 rings (SSSR count). The Morgan fingerprint density at radius 1 is 1.10 bits per heavy atom. The molecule has 2 N–H and O–H groups in total. The third kappa shape index (κ3) is 2.61. The summed E-state index contributed by atoms with van der Waals surface area (Å²) in [4.78, 5) is 24.3. The summed E-state index contributed by atoms with van der Waals surface area (Å²) in [5.41, 5.74) is 4.65. The summed E-state index contributed by atoms with van der Waals surface area (Å²) in [5.74, 6) is -5.96. The van der Waals surface area contributed by atoms with Crippen molar-refractivity contribution in [1.29, 1.82) is 0 Å². The molecule has 0 bridgehead atoms. The second kappa shape index (κ2) is 5.52. The predicted molar refractivity (Wildman–Crippen MR) is 64.1 cm³/mol. The minimum Gasteiger partial charge on any atom is -0.369 e. The second-order valence-electron chi connectivity index (χ2n) is 4.69. The maximum Gasteiger partial charge on any atom is 0.256 e. The van der Waals surface area contributed by atoms with E-state index in [0.717, 1.165) is 6.07 Å². The van der Waals surface area contributed by atoms with Gasteiger partial charge in [-0.3, -0.25) is 9.59 Å². The van der Waals surface area contributed by atoms with E-state index in [1.54, 1.807) is 0 Å². The molecule has 1 heterocycles. The Labute approximate surface area is 113 Å². The van der Waals surface area contributed by atoms with Crippen molar-refractivity contribution in [2.24, 2.45) is 11.7 Å². The largest absolute Gasteiger partial charge is 0.369 e. The lowest BCUT2D eigenvalue weighted by Gasteiger charge is -2.30. The maximum absolute atomic E-state index is 13.5. The molecule has 0 saturated carbocycles. The molecule has 0 unspecified atom stereocenters. The van der Waals surface area contributed by atoms with E-state index in [9.17, 15) is 22.8 Å². The zero-order valence-corrected chi connectivity index (χ0v) is 10.5. The van der Waals surface area contributed by atoms with Crippen LogP contribution in [0.15, 0.2) is 12.1 Å². The van der Waals surface area contributed by atoms with E-state index in [1.165, 1.54) is 4.90 Å². The molecule has 4 nitrogen and oxygen atoms in total. The summed E-state index contributed by atoms with van der Waals surface area (Å²) in [6.07, 6.45) is 0.763. The molecule has 1 fully saturated rings. The van der Waals surface area contributed by atoms with Crippen LogP contribution < -0.4 is 5.73 Å². The van der Waals surface area contributed by atoms with Gasteiger partial charge in [0.15, 0.2) is 17.5 Å². The molecule has 2 amide bonds. The van der Waals surface area contributed by atoms with Crippen molar-refractivity contribution >= 4 is 11.8 Å². The van der Waals surface area contributed by atoms with Crippen molar-refractivity contribution < 1.29 is 22.8 Å². The molecule has 1 saturated heterocycles. The quantitative estimate of drug-likeness (QED) is 0.836. The molecule has 0 aliphatic carbocycles. The van der Waals surface area contributed by atoms with Gasteiger partial charge in [-0.05, 0) is 25.0 Å². The van der Waals surface area contributed by atoms with Gasteiger partial charge in [-0.25, -0.2) is 13.2 Å². The molecule has 1 aromatic carbocycles. The van der Waals surface area contributed by atoms with E-state index in [1.807, 2.05) is 0 Å². The maximum atomic E-state index is 13.5. The van der Waals surface area contributed by atoms with Gasteiger partial charge < -0.3 is 10.6 Å². The first-order valence-electron chi connectivity index (χ1n) is 6.14. The fraction of sp³-hybridized carbons (Fsp3) is 0.385. The van der Waals surface area contributed by atoms with Crippen LogP contribution in [-0.2, 0) is 4.79 Å². The molecule has 1 aliphatic heterocycles. The van der Waals surface area contributed by atoms with E-state index in [2.05, 4.69) is 0 Å². The van der Waals surface area contributed by atoms with Gasteiger partial charge in [0.25, 0.3) is 5.91 Å². The lowest BCUT2D eigenvalue weighted by atomic mass is 9.96. The number of amides is 2. The third-order valence-electron chi connectivity index (χ3n) is 3.45. The van der Waals surface area contributed by atoms with Gasteiger partial charge in [-0.15, -0.1) is 0 Å². The molecule has 7 heteroatoms. The van der Waals surface area contributed by atoms with E-state index in [-0.39, 0.29) is 19.0 Å². The summed E-state index contributed by atoms with van der Waals surface area (Å²) in [6, 6.07) is 1.62.